The highest BCUT2D eigenvalue weighted by Crippen LogP contribution is 2.24. The Balaban J connectivity index is 2.21. The van der Waals surface area contributed by atoms with Crippen molar-refractivity contribution in [3.63, 3.8) is 0 Å². The molecule has 2 amide bonds. The number of carbonyl (C=O) groups is 2. The highest BCUT2D eigenvalue weighted by molar-refractivity contribution is 6.31. The Morgan fingerprint density at radius 2 is 2.11 bits per heavy atom. The highest BCUT2D eigenvalue weighted by atomic mass is 35.5. The van der Waals surface area contributed by atoms with E-state index in [2.05, 4.69) is 5.32 Å². The Hall–Kier alpha value is -1.92. The minimum Gasteiger partial charge on any atom is -0.395 e. The second kappa shape index (κ2) is 5.38. The number of nitrogens with zero attached hydrogens (tertiary/aromatic N) is 1. The van der Waals surface area contributed by atoms with E-state index in [1.807, 2.05) is 0 Å². The van der Waals surface area contributed by atoms with Gasteiger partial charge in [0.1, 0.15) is 5.70 Å². The quantitative estimate of drug-likeness (QED) is 0.814. The van der Waals surface area contributed by atoms with Crippen LogP contribution < -0.4 is 5.32 Å². The summed E-state index contributed by atoms with van der Waals surface area (Å²) in [5.74, 6) is -1.87. The number of nitrogens with one attached hydrogen (secondary N) is 1. The van der Waals surface area contributed by atoms with Crippen molar-refractivity contribution in [3.05, 3.63) is 40.8 Å². The molecule has 0 unspecified atom stereocenters. The molecule has 2 rings (SSSR count). The highest BCUT2D eigenvalue weighted by Gasteiger charge is 2.31. The summed E-state index contributed by atoms with van der Waals surface area (Å²) < 4.78 is 13.7. The van der Waals surface area contributed by atoms with Gasteiger partial charge in [0.05, 0.1) is 23.9 Å². The molecule has 0 aromatic heterocycles. The number of carbonyl (C=O) groups excluding carboxylic acids is 2. The van der Waals surface area contributed by atoms with Crippen molar-refractivity contribution in [2.45, 2.75) is 0 Å². The summed E-state index contributed by atoms with van der Waals surface area (Å²) in [4.78, 5) is 24.2. The SMILES string of the molecule is O=C1C=C(Nc2cccc(Cl)c2F)C(=O)N1CCO. The summed E-state index contributed by atoms with van der Waals surface area (Å²) in [5.41, 5.74) is -0.0506. The lowest BCUT2D eigenvalue weighted by Crippen LogP contribution is -2.34. The molecule has 0 fully saturated rings. The molecule has 0 spiro atoms. The molecule has 100 valence electrons. The molecule has 1 aliphatic heterocycles. The summed E-state index contributed by atoms with van der Waals surface area (Å²) in [5, 5.41) is 11.2. The van der Waals surface area contributed by atoms with Gasteiger partial charge >= 0.3 is 0 Å². The van der Waals surface area contributed by atoms with Gasteiger partial charge in [0.15, 0.2) is 5.82 Å². The van der Waals surface area contributed by atoms with E-state index < -0.39 is 17.6 Å². The first-order valence-electron chi connectivity index (χ1n) is 5.44. The number of rotatable bonds is 4. The van der Waals surface area contributed by atoms with Crippen molar-refractivity contribution in [2.24, 2.45) is 0 Å². The van der Waals surface area contributed by atoms with E-state index >= 15 is 0 Å². The molecule has 1 aromatic rings. The molecule has 0 radical (unpaired) electrons. The Kier molecular flexibility index (Phi) is 3.82. The van der Waals surface area contributed by atoms with Crippen molar-refractivity contribution < 1.29 is 19.1 Å². The maximum Gasteiger partial charge on any atom is 0.277 e. The Morgan fingerprint density at radius 3 is 2.79 bits per heavy atom. The number of benzene rings is 1. The normalized spacial score (nSPS) is 14.9. The molecule has 1 heterocycles. The Morgan fingerprint density at radius 1 is 1.37 bits per heavy atom. The van der Waals surface area contributed by atoms with E-state index in [0.29, 0.717) is 0 Å². The number of anilines is 1. The van der Waals surface area contributed by atoms with Crippen LogP contribution in [-0.4, -0.2) is 35.0 Å². The second-order valence-electron chi connectivity index (χ2n) is 3.80. The lowest BCUT2D eigenvalue weighted by molar-refractivity contribution is -0.137. The van der Waals surface area contributed by atoms with Crippen LogP contribution in [-0.2, 0) is 9.59 Å². The first-order valence-corrected chi connectivity index (χ1v) is 5.82. The van der Waals surface area contributed by atoms with E-state index in [1.165, 1.54) is 18.2 Å². The maximum absolute atomic E-state index is 13.7. The number of halogens is 2. The van der Waals surface area contributed by atoms with Gasteiger partial charge in [0.2, 0.25) is 0 Å². The zero-order chi connectivity index (χ0) is 14.0. The van der Waals surface area contributed by atoms with Crippen LogP contribution in [0.15, 0.2) is 30.0 Å². The van der Waals surface area contributed by atoms with E-state index in [4.69, 9.17) is 16.7 Å². The minimum atomic E-state index is -0.703. The number of aliphatic hydroxyl groups is 1. The Bertz CT molecular complexity index is 574. The molecule has 0 saturated carbocycles. The van der Waals surface area contributed by atoms with Crippen molar-refractivity contribution in [1.29, 1.82) is 0 Å². The fourth-order valence-electron chi connectivity index (χ4n) is 1.66. The second-order valence-corrected chi connectivity index (χ2v) is 4.21. The lowest BCUT2D eigenvalue weighted by Gasteiger charge is -2.13. The van der Waals surface area contributed by atoms with Crippen molar-refractivity contribution >= 4 is 29.1 Å². The zero-order valence-corrected chi connectivity index (χ0v) is 10.4. The van der Waals surface area contributed by atoms with Gasteiger partial charge in [-0.3, -0.25) is 14.5 Å². The van der Waals surface area contributed by atoms with Crippen molar-refractivity contribution in [3.8, 4) is 0 Å². The van der Waals surface area contributed by atoms with Crippen LogP contribution in [0.1, 0.15) is 0 Å². The predicted molar refractivity (Wildman–Crippen MR) is 66.9 cm³/mol. The molecule has 5 nitrogen and oxygen atoms in total. The van der Waals surface area contributed by atoms with Crippen LogP contribution in [0, 0.1) is 5.82 Å². The van der Waals surface area contributed by atoms with Gasteiger partial charge in [-0.05, 0) is 12.1 Å². The predicted octanol–water partition coefficient (Wildman–Crippen LogP) is 1.14. The monoisotopic (exact) mass is 284 g/mol. The van der Waals surface area contributed by atoms with E-state index in [0.717, 1.165) is 11.0 Å². The molecule has 19 heavy (non-hydrogen) atoms. The third kappa shape index (κ3) is 2.59. The third-order valence-corrected chi connectivity index (χ3v) is 2.85. The van der Waals surface area contributed by atoms with Gasteiger partial charge in [-0.15, -0.1) is 0 Å². The average Bonchev–Trinajstić information content (AvgIpc) is 2.63. The Labute approximate surface area is 113 Å². The number of amides is 2. The van der Waals surface area contributed by atoms with Crippen LogP contribution in [0.4, 0.5) is 10.1 Å². The molecule has 7 heteroatoms. The number of hydrogen-bond acceptors (Lipinski definition) is 4. The van der Waals surface area contributed by atoms with Crippen molar-refractivity contribution in [1.82, 2.24) is 4.90 Å². The summed E-state index contributed by atoms with van der Waals surface area (Å²) in [7, 11) is 0. The number of hydrogen-bond donors (Lipinski definition) is 2. The van der Waals surface area contributed by atoms with E-state index in [-0.39, 0.29) is 29.6 Å². The van der Waals surface area contributed by atoms with Crippen molar-refractivity contribution in [2.75, 3.05) is 18.5 Å². The standard InChI is InChI=1S/C12H10ClFN2O3/c13-7-2-1-3-8(11(7)14)15-9-6-10(18)16(4-5-17)12(9)19/h1-3,6,15,17H,4-5H2. The number of aliphatic hydroxyl groups excluding tert-OH is 1. The largest absolute Gasteiger partial charge is 0.395 e. The molecular formula is C12H10ClFN2O3. The third-order valence-electron chi connectivity index (χ3n) is 2.55. The van der Waals surface area contributed by atoms with Gasteiger partial charge in [-0.1, -0.05) is 17.7 Å². The topological polar surface area (TPSA) is 69.6 Å². The summed E-state index contributed by atoms with van der Waals surface area (Å²) in [6, 6.07) is 4.28. The fraction of sp³-hybridized carbons (Fsp3) is 0.167. The van der Waals surface area contributed by atoms with Gasteiger partial charge < -0.3 is 10.4 Å². The molecule has 0 saturated heterocycles. The lowest BCUT2D eigenvalue weighted by atomic mass is 10.3. The van der Waals surface area contributed by atoms with Crippen LogP contribution in [0.5, 0.6) is 0 Å². The maximum atomic E-state index is 13.7. The smallest absolute Gasteiger partial charge is 0.277 e. The summed E-state index contributed by atoms with van der Waals surface area (Å²) in [6.45, 7) is -0.429. The first-order chi connectivity index (χ1) is 9.04. The average molecular weight is 285 g/mol. The molecule has 0 atom stereocenters. The van der Waals surface area contributed by atoms with Crippen LogP contribution in [0.2, 0.25) is 5.02 Å². The number of imide groups is 1. The molecule has 0 aliphatic carbocycles. The van der Waals surface area contributed by atoms with Crippen LogP contribution in [0.25, 0.3) is 0 Å². The minimum absolute atomic E-state index is 0.00532. The molecule has 2 N–H and O–H groups in total. The van der Waals surface area contributed by atoms with E-state index in [9.17, 15) is 14.0 Å². The number of β-amino-alcohol motifs (C(OH)–C–C–N with tert-alkyl or cyclic N) is 1. The first kappa shape index (κ1) is 13.5. The van der Waals surface area contributed by atoms with Crippen LogP contribution in [0.3, 0.4) is 0 Å². The molecule has 1 aromatic carbocycles. The molecular weight excluding hydrogens is 275 g/mol. The summed E-state index contributed by atoms with van der Waals surface area (Å²) in [6.07, 6.45) is 1.05. The van der Waals surface area contributed by atoms with Gasteiger partial charge in [-0.2, -0.15) is 0 Å². The molecule has 1 aliphatic rings. The van der Waals surface area contributed by atoms with Gasteiger partial charge in [-0.25, -0.2) is 4.39 Å². The van der Waals surface area contributed by atoms with Crippen LogP contribution >= 0.6 is 11.6 Å². The van der Waals surface area contributed by atoms with E-state index in [1.54, 1.807) is 0 Å². The summed E-state index contributed by atoms with van der Waals surface area (Å²) >= 11 is 5.61. The van der Waals surface area contributed by atoms with Gasteiger partial charge in [0.25, 0.3) is 11.8 Å². The van der Waals surface area contributed by atoms with Gasteiger partial charge in [0, 0.05) is 6.08 Å². The fourth-order valence-corrected chi connectivity index (χ4v) is 1.83. The zero-order valence-electron chi connectivity index (χ0n) is 9.69. The molecule has 0 bridgehead atoms.